The first kappa shape index (κ1) is 26.1. The molecule has 0 radical (unpaired) electrons. The topological polar surface area (TPSA) is 89.0 Å². The van der Waals surface area contributed by atoms with Gasteiger partial charge in [-0.1, -0.05) is 34.8 Å². The number of hydrazone groups is 1. The van der Waals surface area contributed by atoms with Gasteiger partial charge < -0.3 is 14.8 Å². The van der Waals surface area contributed by atoms with Crippen molar-refractivity contribution in [2.24, 2.45) is 5.10 Å². The molecule has 3 aromatic carbocycles. The Kier molecular flexibility index (Phi) is 9.40. The van der Waals surface area contributed by atoms with E-state index in [4.69, 9.17) is 44.3 Å². The fourth-order valence-electron chi connectivity index (χ4n) is 2.69. The highest BCUT2D eigenvalue weighted by atomic mass is 127. The van der Waals surface area contributed by atoms with Gasteiger partial charge in [-0.05, 0) is 82.8 Å². The average Bonchev–Trinajstić information content (AvgIpc) is 2.80. The number of nitrogens with one attached hydrogen (secondary N) is 2. The minimum Gasteiger partial charge on any atom is -0.493 e. The lowest BCUT2D eigenvalue weighted by Gasteiger charge is -2.13. The van der Waals surface area contributed by atoms with Crippen LogP contribution < -0.4 is 20.2 Å². The Hall–Kier alpha value is -2.53. The standard InChI is InChI=1S/C23H17Cl3IN3O4/c1-33-20-9-13(11-28-30-23(32)14-2-4-15(24)5-3-14)8-19(27)22(20)34-12-21(31)29-16-6-7-17(25)18(26)10-16/h2-11H,12H2,1H3,(H,29,31)(H,30,32)/b28-11+. The third kappa shape index (κ3) is 7.23. The first-order chi connectivity index (χ1) is 16.3. The summed E-state index contributed by atoms with van der Waals surface area (Å²) in [7, 11) is 1.48. The second kappa shape index (κ2) is 12.3. The van der Waals surface area contributed by atoms with Crippen LogP contribution in [0.4, 0.5) is 5.69 Å². The number of hydrogen-bond donors (Lipinski definition) is 2. The Morgan fingerprint density at radius 2 is 1.76 bits per heavy atom. The van der Waals surface area contributed by atoms with E-state index < -0.39 is 0 Å². The second-order valence-electron chi connectivity index (χ2n) is 6.71. The molecular weight excluding hydrogens is 616 g/mol. The Morgan fingerprint density at radius 3 is 2.44 bits per heavy atom. The summed E-state index contributed by atoms with van der Waals surface area (Å²) in [6.45, 7) is -0.253. The van der Waals surface area contributed by atoms with Gasteiger partial charge in [0.25, 0.3) is 11.8 Å². The largest absolute Gasteiger partial charge is 0.493 e. The van der Waals surface area contributed by atoms with E-state index in [0.29, 0.717) is 47.0 Å². The first-order valence-electron chi connectivity index (χ1n) is 9.61. The SMILES string of the molecule is COc1cc(/C=N/NC(=O)c2ccc(Cl)cc2)cc(I)c1OCC(=O)Nc1ccc(Cl)c(Cl)c1. The Bertz CT molecular complexity index is 1240. The molecule has 34 heavy (non-hydrogen) atoms. The summed E-state index contributed by atoms with van der Waals surface area (Å²) in [6, 6.07) is 14.7. The third-order valence-corrected chi connectivity index (χ3v) is 6.08. The van der Waals surface area contributed by atoms with E-state index in [-0.39, 0.29) is 18.4 Å². The lowest BCUT2D eigenvalue weighted by molar-refractivity contribution is -0.118. The predicted octanol–water partition coefficient (Wildman–Crippen LogP) is 6.04. The van der Waals surface area contributed by atoms with Crippen LogP contribution in [0.25, 0.3) is 0 Å². The number of benzene rings is 3. The van der Waals surface area contributed by atoms with Crippen LogP contribution in [0.2, 0.25) is 15.1 Å². The summed E-state index contributed by atoms with van der Waals surface area (Å²) in [5.41, 5.74) is 4.03. The molecule has 11 heteroatoms. The van der Waals surface area contributed by atoms with Gasteiger partial charge >= 0.3 is 0 Å². The highest BCUT2D eigenvalue weighted by Crippen LogP contribution is 2.33. The van der Waals surface area contributed by atoms with Crippen molar-refractivity contribution in [1.82, 2.24) is 5.43 Å². The minimum atomic E-state index is -0.383. The number of rotatable bonds is 8. The molecule has 0 aliphatic heterocycles. The molecule has 0 aliphatic rings. The molecule has 176 valence electrons. The summed E-state index contributed by atoms with van der Waals surface area (Å²) in [6.07, 6.45) is 1.47. The van der Waals surface area contributed by atoms with E-state index in [0.717, 1.165) is 0 Å². The number of carbonyl (C=O) groups is 2. The monoisotopic (exact) mass is 631 g/mol. The molecule has 0 unspecified atom stereocenters. The van der Waals surface area contributed by atoms with Crippen molar-refractivity contribution in [3.8, 4) is 11.5 Å². The van der Waals surface area contributed by atoms with Crippen LogP contribution in [0.1, 0.15) is 15.9 Å². The minimum absolute atomic E-state index is 0.253. The van der Waals surface area contributed by atoms with Crippen LogP contribution in [0.5, 0.6) is 11.5 Å². The van der Waals surface area contributed by atoms with Gasteiger partial charge in [0.05, 0.1) is 26.9 Å². The maximum absolute atomic E-state index is 12.3. The average molecular weight is 633 g/mol. The quantitative estimate of drug-likeness (QED) is 0.180. The number of methoxy groups -OCH3 is 1. The summed E-state index contributed by atoms with van der Waals surface area (Å²) in [5, 5.41) is 7.93. The summed E-state index contributed by atoms with van der Waals surface area (Å²) >= 11 is 19.7. The van der Waals surface area contributed by atoms with Crippen molar-refractivity contribution in [2.75, 3.05) is 19.0 Å². The van der Waals surface area contributed by atoms with Crippen LogP contribution in [-0.2, 0) is 4.79 Å². The smallest absolute Gasteiger partial charge is 0.271 e. The highest BCUT2D eigenvalue weighted by Gasteiger charge is 2.14. The number of hydrogen-bond acceptors (Lipinski definition) is 5. The van der Waals surface area contributed by atoms with Gasteiger partial charge in [-0.3, -0.25) is 9.59 Å². The Balaban J connectivity index is 1.62. The van der Waals surface area contributed by atoms with Crippen molar-refractivity contribution >= 4 is 81.1 Å². The predicted molar refractivity (Wildman–Crippen MR) is 143 cm³/mol. The van der Waals surface area contributed by atoms with Gasteiger partial charge in [0.15, 0.2) is 18.1 Å². The van der Waals surface area contributed by atoms with Crippen LogP contribution >= 0.6 is 57.4 Å². The van der Waals surface area contributed by atoms with Gasteiger partial charge in [0, 0.05) is 16.3 Å². The number of ether oxygens (including phenoxy) is 2. The van der Waals surface area contributed by atoms with E-state index in [9.17, 15) is 9.59 Å². The molecule has 2 N–H and O–H groups in total. The van der Waals surface area contributed by atoms with Gasteiger partial charge in [0.1, 0.15) is 0 Å². The van der Waals surface area contributed by atoms with Gasteiger partial charge in [-0.25, -0.2) is 5.43 Å². The van der Waals surface area contributed by atoms with E-state index >= 15 is 0 Å². The van der Waals surface area contributed by atoms with Crippen LogP contribution in [0.3, 0.4) is 0 Å². The third-order valence-electron chi connectivity index (χ3n) is 4.29. The van der Waals surface area contributed by atoms with Crippen molar-refractivity contribution in [3.63, 3.8) is 0 Å². The fraction of sp³-hybridized carbons (Fsp3) is 0.0870. The number of anilines is 1. The molecule has 0 aromatic heterocycles. The van der Waals surface area contributed by atoms with Gasteiger partial charge in [0.2, 0.25) is 0 Å². The molecule has 0 fully saturated rings. The summed E-state index contributed by atoms with van der Waals surface area (Å²) in [5.74, 6) is 0.0452. The Labute approximate surface area is 224 Å². The molecule has 0 saturated heterocycles. The maximum atomic E-state index is 12.3. The van der Waals surface area contributed by atoms with Gasteiger partial charge in [-0.15, -0.1) is 0 Å². The molecule has 3 rings (SSSR count). The van der Waals surface area contributed by atoms with Crippen molar-refractivity contribution in [1.29, 1.82) is 0 Å². The first-order valence-corrected chi connectivity index (χ1v) is 11.8. The van der Waals surface area contributed by atoms with E-state index in [1.165, 1.54) is 13.3 Å². The molecule has 7 nitrogen and oxygen atoms in total. The molecule has 2 amide bonds. The van der Waals surface area contributed by atoms with Crippen LogP contribution in [0, 0.1) is 3.57 Å². The zero-order valence-corrected chi connectivity index (χ0v) is 22.0. The number of carbonyl (C=O) groups excluding carboxylic acids is 2. The second-order valence-corrected chi connectivity index (χ2v) is 9.12. The van der Waals surface area contributed by atoms with E-state index in [1.807, 2.05) is 0 Å². The normalized spacial score (nSPS) is 10.7. The molecule has 0 aliphatic carbocycles. The van der Waals surface area contributed by atoms with Crippen molar-refractivity contribution < 1.29 is 19.1 Å². The zero-order chi connectivity index (χ0) is 24.7. The number of amides is 2. The molecule has 3 aromatic rings. The highest BCUT2D eigenvalue weighted by molar-refractivity contribution is 14.1. The van der Waals surface area contributed by atoms with Crippen LogP contribution in [0.15, 0.2) is 59.7 Å². The lowest BCUT2D eigenvalue weighted by Crippen LogP contribution is -2.20. The summed E-state index contributed by atoms with van der Waals surface area (Å²) < 4.78 is 11.8. The molecule has 0 atom stereocenters. The van der Waals surface area contributed by atoms with Crippen LogP contribution in [-0.4, -0.2) is 31.7 Å². The summed E-state index contributed by atoms with van der Waals surface area (Å²) in [4.78, 5) is 24.4. The molecule has 0 bridgehead atoms. The molecule has 0 heterocycles. The molecule has 0 spiro atoms. The maximum Gasteiger partial charge on any atom is 0.271 e. The van der Waals surface area contributed by atoms with E-state index in [2.05, 4.69) is 38.4 Å². The Morgan fingerprint density at radius 1 is 1.03 bits per heavy atom. The fourth-order valence-corrected chi connectivity index (χ4v) is 3.90. The van der Waals surface area contributed by atoms with Gasteiger partial charge in [-0.2, -0.15) is 5.10 Å². The zero-order valence-electron chi connectivity index (χ0n) is 17.6. The number of halogens is 4. The lowest BCUT2D eigenvalue weighted by atomic mass is 10.2. The number of nitrogens with zero attached hydrogens (tertiary/aromatic N) is 1. The van der Waals surface area contributed by atoms with Crippen molar-refractivity contribution in [2.45, 2.75) is 0 Å². The van der Waals surface area contributed by atoms with E-state index in [1.54, 1.807) is 54.6 Å². The molecule has 0 saturated carbocycles. The molecular formula is C23H17Cl3IN3O4. The van der Waals surface area contributed by atoms with Crippen molar-refractivity contribution in [3.05, 3.63) is 84.4 Å².